The van der Waals surface area contributed by atoms with Crippen molar-refractivity contribution >= 4 is 0 Å². The molecule has 1 aliphatic heterocycles. The van der Waals surface area contributed by atoms with Crippen molar-refractivity contribution in [1.82, 2.24) is 9.88 Å². The van der Waals surface area contributed by atoms with Gasteiger partial charge in [-0.05, 0) is 18.6 Å². The van der Waals surface area contributed by atoms with Gasteiger partial charge in [0.25, 0.3) is 0 Å². The maximum Gasteiger partial charge on any atom is 0.125 e. The van der Waals surface area contributed by atoms with Crippen molar-refractivity contribution < 1.29 is 4.39 Å². The highest BCUT2D eigenvalue weighted by atomic mass is 19.1. The third-order valence-corrected chi connectivity index (χ3v) is 2.40. The predicted molar refractivity (Wildman–Crippen MR) is 49.1 cm³/mol. The van der Waals surface area contributed by atoms with E-state index in [0.717, 1.165) is 12.2 Å². The maximum absolute atomic E-state index is 12.5. The summed E-state index contributed by atoms with van der Waals surface area (Å²) in [5.41, 5.74) is 2.25. The van der Waals surface area contributed by atoms with E-state index in [1.807, 2.05) is 19.1 Å². The molecular weight excluding hydrogens is 167 g/mol. The predicted octanol–water partition coefficient (Wildman–Crippen LogP) is 1.54. The fourth-order valence-corrected chi connectivity index (χ4v) is 1.53. The highest BCUT2D eigenvalue weighted by molar-refractivity contribution is 5.17. The lowest BCUT2D eigenvalue weighted by atomic mass is 10.1. The van der Waals surface area contributed by atoms with Gasteiger partial charge >= 0.3 is 0 Å². The summed E-state index contributed by atoms with van der Waals surface area (Å²) >= 11 is 0. The van der Waals surface area contributed by atoms with Crippen LogP contribution in [-0.2, 0) is 6.54 Å². The average Bonchev–Trinajstić information content (AvgIpc) is 2.06. The van der Waals surface area contributed by atoms with Gasteiger partial charge < -0.3 is 0 Å². The first-order chi connectivity index (χ1) is 6.25. The van der Waals surface area contributed by atoms with E-state index in [2.05, 4.69) is 9.88 Å². The van der Waals surface area contributed by atoms with Crippen LogP contribution in [0.3, 0.4) is 0 Å². The number of pyridine rings is 1. The molecule has 70 valence electrons. The van der Waals surface area contributed by atoms with Crippen LogP contribution in [-0.4, -0.2) is 29.1 Å². The third kappa shape index (κ3) is 1.86. The zero-order valence-electron chi connectivity index (χ0n) is 7.70. The van der Waals surface area contributed by atoms with E-state index in [-0.39, 0.29) is 0 Å². The van der Waals surface area contributed by atoms with Crippen LogP contribution >= 0.6 is 0 Å². The fourth-order valence-electron chi connectivity index (χ4n) is 1.53. The lowest BCUT2D eigenvalue weighted by Gasteiger charge is -2.34. The molecule has 1 aromatic heterocycles. The topological polar surface area (TPSA) is 16.1 Å². The van der Waals surface area contributed by atoms with Crippen LogP contribution in [0.1, 0.15) is 11.3 Å². The van der Waals surface area contributed by atoms with E-state index in [1.54, 1.807) is 6.20 Å². The van der Waals surface area contributed by atoms with Crippen LogP contribution in [0.2, 0.25) is 0 Å². The van der Waals surface area contributed by atoms with Crippen molar-refractivity contribution in [2.45, 2.75) is 19.6 Å². The van der Waals surface area contributed by atoms with Crippen LogP contribution in [0.25, 0.3) is 0 Å². The minimum Gasteiger partial charge on any atom is -0.292 e. The van der Waals surface area contributed by atoms with Gasteiger partial charge in [0.15, 0.2) is 0 Å². The van der Waals surface area contributed by atoms with Gasteiger partial charge in [-0.15, -0.1) is 0 Å². The molecule has 0 bridgehead atoms. The number of aromatic nitrogens is 1. The molecule has 1 saturated heterocycles. The largest absolute Gasteiger partial charge is 0.292 e. The molecule has 0 saturated carbocycles. The maximum atomic E-state index is 12.5. The minimum atomic E-state index is -0.621. The average molecular weight is 180 g/mol. The molecule has 0 spiro atoms. The molecule has 0 amide bonds. The Balaban J connectivity index is 1.98. The van der Waals surface area contributed by atoms with Gasteiger partial charge in [0.2, 0.25) is 0 Å². The van der Waals surface area contributed by atoms with E-state index < -0.39 is 6.17 Å². The Kier molecular flexibility index (Phi) is 2.27. The number of aryl methyl sites for hydroxylation is 1. The molecule has 3 heteroatoms. The Bertz CT molecular complexity index is 295. The first kappa shape index (κ1) is 8.63. The molecule has 0 radical (unpaired) electrons. The number of halogens is 1. The second-order valence-corrected chi connectivity index (χ2v) is 3.56. The molecule has 1 aliphatic rings. The van der Waals surface area contributed by atoms with Crippen LogP contribution in [0.5, 0.6) is 0 Å². The minimum absolute atomic E-state index is 0.565. The van der Waals surface area contributed by atoms with Gasteiger partial charge in [0.1, 0.15) is 6.17 Å². The molecule has 0 aromatic carbocycles. The molecule has 2 rings (SSSR count). The summed E-state index contributed by atoms with van der Waals surface area (Å²) in [6, 6.07) is 3.96. The molecule has 0 aliphatic carbocycles. The summed E-state index contributed by atoms with van der Waals surface area (Å²) in [5.74, 6) is 0. The first-order valence-electron chi connectivity index (χ1n) is 4.52. The lowest BCUT2D eigenvalue weighted by molar-refractivity contribution is 0.0579. The summed E-state index contributed by atoms with van der Waals surface area (Å²) in [6.45, 7) is 3.95. The van der Waals surface area contributed by atoms with Crippen molar-refractivity contribution in [1.29, 1.82) is 0 Å². The molecule has 2 nitrogen and oxygen atoms in total. The third-order valence-electron chi connectivity index (χ3n) is 2.40. The quantitative estimate of drug-likeness (QED) is 0.686. The Morgan fingerprint density at radius 1 is 1.62 bits per heavy atom. The van der Waals surface area contributed by atoms with Crippen molar-refractivity contribution in [2.24, 2.45) is 0 Å². The normalized spacial score (nSPS) is 18.6. The Morgan fingerprint density at radius 2 is 2.38 bits per heavy atom. The summed E-state index contributed by atoms with van der Waals surface area (Å²) in [6.07, 6.45) is 1.17. The monoisotopic (exact) mass is 180 g/mol. The second kappa shape index (κ2) is 3.42. The summed E-state index contributed by atoms with van der Waals surface area (Å²) in [7, 11) is 0. The van der Waals surface area contributed by atoms with Crippen LogP contribution in [0, 0.1) is 6.92 Å². The van der Waals surface area contributed by atoms with E-state index in [0.29, 0.717) is 13.1 Å². The van der Waals surface area contributed by atoms with Gasteiger partial charge in [0, 0.05) is 25.8 Å². The van der Waals surface area contributed by atoms with Gasteiger partial charge in [-0.2, -0.15) is 0 Å². The van der Waals surface area contributed by atoms with Crippen molar-refractivity contribution in [3.05, 3.63) is 29.6 Å². The number of hydrogen-bond donors (Lipinski definition) is 0. The Hall–Kier alpha value is -0.960. The first-order valence-corrected chi connectivity index (χ1v) is 4.52. The zero-order valence-corrected chi connectivity index (χ0v) is 7.70. The summed E-state index contributed by atoms with van der Waals surface area (Å²) in [4.78, 5) is 6.33. The fraction of sp³-hybridized carbons (Fsp3) is 0.500. The summed E-state index contributed by atoms with van der Waals surface area (Å²) in [5, 5.41) is 0. The number of likely N-dealkylation sites (tertiary alicyclic amines) is 1. The summed E-state index contributed by atoms with van der Waals surface area (Å²) < 4.78 is 12.5. The Morgan fingerprint density at radius 3 is 3.00 bits per heavy atom. The highest BCUT2D eigenvalue weighted by Gasteiger charge is 2.26. The molecule has 2 heterocycles. The molecular formula is C10H13FN2. The van der Waals surface area contributed by atoms with Crippen LogP contribution < -0.4 is 0 Å². The SMILES string of the molecule is Cc1cccnc1CN1CC(F)C1. The number of alkyl halides is 1. The second-order valence-electron chi connectivity index (χ2n) is 3.56. The molecule has 0 unspecified atom stereocenters. The highest BCUT2D eigenvalue weighted by Crippen LogP contribution is 2.15. The molecule has 0 atom stereocenters. The van der Waals surface area contributed by atoms with Crippen molar-refractivity contribution in [2.75, 3.05) is 13.1 Å². The van der Waals surface area contributed by atoms with Crippen LogP contribution in [0.4, 0.5) is 4.39 Å². The zero-order chi connectivity index (χ0) is 9.26. The van der Waals surface area contributed by atoms with E-state index in [1.165, 1.54) is 5.56 Å². The van der Waals surface area contributed by atoms with Crippen molar-refractivity contribution in [3.63, 3.8) is 0 Å². The molecule has 1 fully saturated rings. The smallest absolute Gasteiger partial charge is 0.125 e. The number of rotatable bonds is 2. The van der Waals surface area contributed by atoms with Crippen LogP contribution in [0.15, 0.2) is 18.3 Å². The van der Waals surface area contributed by atoms with Gasteiger partial charge in [-0.3, -0.25) is 9.88 Å². The standard InChI is InChI=1S/C10H13FN2/c1-8-3-2-4-12-10(8)7-13-5-9(11)6-13/h2-4,9H,5-7H2,1H3. The molecule has 1 aromatic rings. The van der Waals surface area contributed by atoms with E-state index in [9.17, 15) is 4.39 Å². The van der Waals surface area contributed by atoms with Gasteiger partial charge in [-0.25, -0.2) is 4.39 Å². The Labute approximate surface area is 77.4 Å². The lowest BCUT2D eigenvalue weighted by Crippen LogP contribution is -2.47. The van der Waals surface area contributed by atoms with E-state index >= 15 is 0 Å². The molecule has 13 heavy (non-hydrogen) atoms. The number of nitrogens with zero attached hydrogens (tertiary/aromatic N) is 2. The number of hydrogen-bond acceptors (Lipinski definition) is 2. The molecule has 0 N–H and O–H groups in total. The van der Waals surface area contributed by atoms with Crippen molar-refractivity contribution in [3.8, 4) is 0 Å². The van der Waals surface area contributed by atoms with Gasteiger partial charge in [-0.1, -0.05) is 6.07 Å². The van der Waals surface area contributed by atoms with Gasteiger partial charge in [0.05, 0.1) is 5.69 Å². The van der Waals surface area contributed by atoms with E-state index in [4.69, 9.17) is 0 Å².